The summed E-state index contributed by atoms with van der Waals surface area (Å²) in [5.74, 6) is 0.229. The monoisotopic (exact) mass is 223 g/mol. The topological polar surface area (TPSA) is 61.7 Å². The van der Waals surface area contributed by atoms with Gasteiger partial charge >= 0.3 is 0 Å². The van der Waals surface area contributed by atoms with E-state index < -0.39 is 0 Å². The normalized spacial score (nSPS) is 17.5. The van der Waals surface area contributed by atoms with E-state index in [4.69, 9.17) is 9.84 Å². The van der Waals surface area contributed by atoms with E-state index in [1.54, 1.807) is 12.1 Å². The minimum absolute atomic E-state index is 0.0901. The van der Waals surface area contributed by atoms with E-state index in [9.17, 15) is 5.11 Å². The predicted octanol–water partition coefficient (Wildman–Crippen LogP) is 1.37. The number of aromatic hydroxyl groups is 2. The van der Waals surface area contributed by atoms with E-state index in [1.165, 1.54) is 6.07 Å². The number of hydrogen-bond acceptors (Lipinski definition) is 4. The van der Waals surface area contributed by atoms with Crippen molar-refractivity contribution in [1.29, 1.82) is 0 Å². The highest BCUT2D eigenvalue weighted by Crippen LogP contribution is 2.22. The van der Waals surface area contributed by atoms with Crippen LogP contribution < -0.4 is 5.32 Å². The Labute approximate surface area is 94.9 Å². The maximum atomic E-state index is 9.60. The van der Waals surface area contributed by atoms with Gasteiger partial charge in [-0.1, -0.05) is 6.07 Å². The molecule has 0 aromatic heterocycles. The molecule has 1 fully saturated rings. The molecule has 1 aliphatic heterocycles. The molecule has 1 aromatic carbocycles. The Morgan fingerprint density at radius 3 is 2.69 bits per heavy atom. The van der Waals surface area contributed by atoms with Gasteiger partial charge in [0, 0.05) is 37.4 Å². The fourth-order valence-electron chi connectivity index (χ4n) is 1.86. The maximum absolute atomic E-state index is 9.60. The van der Waals surface area contributed by atoms with E-state index in [0.717, 1.165) is 31.6 Å². The Hall–Kier alpha value is -1.26. The molecule has 0 atom stereocenters. The van der Waals surface area contributed by atoms with Crippen LogP contribution in [0.15, 0.2) is 18.2 Å². The summed E-state index contributed by atoms with van der Waals surface area (Å²) in [5.41, 5.74) is 0.810. The Balaban J connectivity index is 1.88. The van der Waals surface area contributed by atoms with Crippen LogP contribution >= 0.6 is 0 Å². The third-order valence-corrected chi connectivity index (χ3v) is 2.87. The van der Waals surface area contributed by atoms with Crippen molar-refractivity contribution in [2.75, 3.05) is 13.2 Å². The Morgan fingerprint density at radius 2 is 2.00 bits per heavy atom. The summed E-state index contributed by atoms with van der Waals surface area (Å²) in [5, 5.41) is 22.1. The number of phenolic OH excluding ortho intramolecular Hbond substituents is 2. The highest BCUT2D eigenvalue weighted by Gasteiger charge is 2.13. The van der Waals surface area contributed by atoms with Crippen molar-refractivity contribution in [3.8, 4) is 11.5 Å². The summed E-state index contributed by atoms with van der Waals surface area (Å²) in [7, 11) is 0. The number of phenols is 2. The molecule has 0 aliphatic carbocycles. The molecular weight excluding hydrogens is 206 g/mol. The van der Waals surface area contributed by atoms with Crippen LogP contribution in [0.4, 0.5) is 0 Å². The standard InChI is InChI=1S/C12H17NO3/c14-11-2-1-9(12(15)7-11)8-13-10-3-5-16-6-4-10/h1-2,7,10,13-15H,3-6,8H2. The second-order valence-corrected chi connectivity index (χ2v) is 4.08. The van der Waals surface area contributed by atoms with Crippen LogP contribution in [0.1, 0.15) is 18.4 Å². The predicted molar refractivity (Wildman–Crippen MR) is 60.5 cm³/mol. The first-order valence-electron chi connectivity index (χ1n) is 5.57. The summed E-state index contributed by atoms with van der Waals surface area (Å²) in [6.07, 6.45) is 2.03. The Kier molecular flexibility index (Phi) is 3.64. The van der Waals surface area contributed by atoms with E-state index >= 15 is 0 Å². The van der Waals surface area contributed by atoms with Crippen molar-refractivity contribution < 1.29 is 14.9 Å². The van der Waals surface area contributed by atoms with Crippen LogP contribution in [0, 0.1) is 0 Å². The number of hydrogen-bond donors (Lipinski definition) is 3. The molecule has 4 nitrogen and oxygen atoms in total. The molecule has 0 bridgehead atoms. The van der Waals surface area contributed by atoms with Crippen molar-refractivity contribution in [2.24, 2.45) is 0 Å². The average Bonchev–Trinajstić information content (AvgIpc) is 2.29. The van der Waals surface area contributed by atoms with E-state index in [2.05, 4.69) is 5.32 Å². The molecule has 0 unspecified atom stereocenters. The second kappa shape index (κ2) is 5.18. The van der Waals surface area contributed by atoms with Crippen molar-refractivity contribution in [2.45, 2.75) is 25.4 Å². The van der Waals surface area contributed by atoms with Crippen LogP contribution in [0.2, 0.25) is 0 Å². The smallest absolute Gasteiger partial charge is 0.123 e. The van der Waals surface area contributed by atoms with Crippen molar-refractivity contribution in [3.63, 3.8) is 0 Å². The fraction of sp³-hybridized carbons (Fsp3) is 0.500. The van der Waals surface area contributed by atoms with Gasteiger partial charge in [0.05, 0.1) is 0 Å². The third-order valence-electron chi connectivity index (χ3n) is 2.87. The van der Waals surface area contributed by atoms with Gasteiger partial charge in [-0.3, -0.25) is 0 Å². The van der Waals surface area contributed by atoms with Gasteiger partial charge in [-0.15, -0.1) is 0 Å². The lowest BCUT2D eigenvalue weighted by molar-refractivity contribution is 0.0775. The van der Waals surface area contributed by atoms with E-state index in [0.29, 0.717) is 12.6 Å². The first kappa shape index (κ1) is 11.2. The van der Waals surface area contributed by atoms with Crippen LogP contribution in [0.3, 0.4) is 0 Å². The lowest BCUT2D eigenvalue weighted by atomic mass is 10.1. The zero-order chi connectivity index (χ0) is 11.4. The highest BCUT2D eigenvalue weighted by atomic mass is 16.5. The van der Waals surface area contributed by atoms with Gasteiger partial charge in [0.1, 0.15) is 11.5 Å². The van der Waals surface area contributed by atoms with Gasteiger partial charge in [0.15, 0.2) is 0 Å². The molecule has 0 saturated carbocycles. The van der Waals surface area contributed by atoms with Crippen molar-refractivity contribution in [1.82, 2.24) is 5.32 Å². The molecule has 0 radical (unpaired) electrons. The minimum atomic E-state index is 0.0901. The summed E-state index contributed by atoms with van der Waals surface area (Å²) >= 11 is 0. The first-order valence-corrected chi connectivity index (χ1v) is 5.57. The molecule has 1 heterocycles. The molecule has 0 spiro atoms. The van der Waals surface area contributed by atoms with Gasteiger partial charge in [-0.25, -0.2) is 0 Å². The Morgan fingerprint density at radius 1 is 1.25 bits per heavy atom. The zero-order valence-electron chi connectivity index (χ0n) is 9.15. The molecule has 88 valence electrons. The quantitative estimate of drug-likeness (QED) is 0.724. The van der Waals surface area contributed by atoms with Crippen LogP contribution in [0.25, 0.3) is 0 Å². The van der Waals surface area contributed by atoms with Gasteiger partial charge in [0.2, 0.25) is 0 Å². The summed E-state index contributed by atoms with van der Waals surface area (Å²) in [4.78, 5) is 0. The second-order valence-electron chi connectivity index (χ2n) is 4.08. The highest BCUT2D eigenvalue weighted by molar-refractivity contribution is 5.38. The molecule has 4 heteroatoms. The lowest BCUT2D eigenvalue weighted by Gasteiger charge is -2.23. The maximum Gasteiger partial charge on any atom is 0.123 e. The fourth-order valence-corrected chi connectivity index (χ4v) is 1.86. The third kappa shape index (κ3) is 2.87. The molecule has 1 saturated heterocycles. The first-order chi connectivity index (χ1) is 7.75. The number of ether oxygens (including phenoxy) is 1. The van der Waals surface area contributed by atoms with Crippen molar-refractivity contribution in [3.05, 3.63) is 23.8 Å². The molecule has 1 aliphatic rings. The Bertz CT molecular complexity index is 348. The molecule has 3 N–H and O–H groups in total. The zero-order valence-corrected chi connectivity index (χ0v) is 9.15. The average molecular weight is 223 g/mol. The van der Waals surface area contributed by atoms with Crippen LogP contribution in [-0.2, 0) is 11.3 Å². The van der Waals surface area contributed by atoms with E-state index in [1.807, 2.05) is 0 Å². The molecular formula is C12H17NO3. The van der Waals surface area contributed by atoms with Gasteiger partial charge in [0.25, 0.3) is 0 Å². The minimum Gasteiger partial charge on any atom is -0.508 e. The van der Waals surface area contributed by atoms with Gasteiger partial charge < -0.3 is 20.3 Å². The molecule has 2 rings (SSSR count). The number of nitrogens with one attached hydrogen (secondary N) is 1. The van der Waals surface area contributed by atoms with Crippen LogP contribution in [0.5, 0.6) is 11.5 Å². The SMILES string of the molecule is Oc1ccc(CNC2CCOCC2)c(O)c1. The summed E-state index contributed by atoms with van der Waals surface area (Å²) in [6.45, 7) is 2.23. The molecule has 16 heavy (non-hydrogen) atoms. The number of benzene rings is 1. The van der Waals surface area contributed by atoms with E-state index in [-0.39, 0.29) is 11.5 Å². The summed E-state index contributed by atoms with van der Waals surface area (Å²) in [6, 6.07) is 5.14. The molecule has 1 aromatic rings. The van der Waals surface area contributed by atoms with Crippen molar-refractivity contribution >= 4 is 0 Å². The molecule has 0 amide bonds. The van der Waals surface area contributed by atoms with Gasteiger partial charge in [-0.2, -0.15) is 0 Å². The van der Waals surface area contributed by atoms with Crippen LogP contribution in [-0.4, -0.2) is 29.5 Å². The number of rotatable bonds is 3. The largest absolute Gasteiger partial charge is 0.508 e. The lowest BCUT2D eigenvalue weighted by Crippen LogP contribution is -2.34. The van der Waals surface area contributed by atoms with Gasteiger partial charge in [-0.05, 0) is 18.9 Å². The summed E-state index contributed by atoms with van der Waals surface area (Å²) < 4.78 is 5.27.